The van der Waals surface area contributed by atoms with Gasteiger partial charge in [-0.1, -0.05) is 32.4 Å². The first-order valence-corrected chi connectivity index (χ1v) is 5.39. The lowest BCUT2D eigenvalue weighted by Crippen LogP contribution is -2.12. The minimum absolute atomic E-state index is 0.168. The summed E-state index contributed by atoms with van der Waals surface area (Å²) in [6.45, 7) is 6.70. The standard InChI is InChI=1S/C12H16ClN/c1-7-6-12(2,3)11-8(13)4-5-9(14)10(7)11/h4-5,7H,6,14H2,1-3H3/t7-/m0/s1. The number of anilines is 1. The Morgan fingerprint density at radius 3 is 2.64 bits per heavy atom. The first kappa shape index (κ1) is 9.85. The fourth-order valence-corrected chi connectivity index (χ4v) is 3.22. The molecule has 1 atom stereocenters. The molecule has 1 aromatic carbocycles. The van der Waals surface area contributed by atoms with Crippen molar-refractivity contribution in [1.29, 1.82) is 0 Å². The molecule has 0 aromatic heterocycles. The van der Waals surface area contributed by atoms with E-state index in [2.05, 4.69) is 20.8 Å². The highest BCUT2D eigenvalue weighted by molar-refractivity contribution is 6.31. The Morgan fingerprint density at radius 1 is 1.43 bits per heavy atom. The molecule has 0 radical (unpaired) electrons. The predicted molar refractivity (Wildman–Crippen MR) is 61.9 cm³/mol. The van der Waals surface area contributed by atoms with Crippen LogP contribution in [0.3, 0.4) is 0 Å². The molecule has 0 unspecified atom stereocenters. The first-order chi connectivity index (χ1) is 6.43. The monoisotopic (exact) mass is 209 g/mol. The maximum atomic E-state index is 6.24. The van der Waals surface area contributed by atoms with Crippen molar-refractivity contribution >= 4 is 17.3 Å². The summed E-state index contributed by atoms with van der Waals surface area (Å²) >= 11 is 6.24. The Bertz CT molecular complexity index is 382. The normalized spacial score (nSPS) is 23.6. The van der Waals surface area contributed by atoms with Gasteiger partial charge >= 0.3 is 0 Å². The third kappa shape index (κ3) is 1.23. The topological polar surface area (TPSA) is 26.0 Å². The molecule has 0 fully saturated rings. The number of benzene rings is 1. The molecule has 0 bridgehead atoms. The predicted octanol–water partition coefficient (Wildman–Crippen LogP) is 3.71. The lowest BCUT2D eigenvalue weighted by Gasteiger charge is -2.20. The highest BCUT2D eigenvalue weighted by Gasteiger charge is 2.37. The molecule has 14 heavy (non-hydrogen) atoms. The molecule has 1 aromatic rings. The number of halogens is 1. The van der Waals surface area contributed by atoms with Crippen LogP contribution in [0.25, 0.3) is 0 Å². The molecule has 0 saturated heterocycles. The van der Waals surface area contributed by atoms with Crippen LogP contribution in [0, 0.1) is 0 Å². The maximum Gasteiger partial charge on any atom is 0.0447 e. The molecule has 1 aliphatic carbocycles. The Morgan fingerprint density at radius 2 is 2.07 bits per heavy atom. The van der Waals surface area contributed by atoms with E-state index in [1.54, 1.807) is 0 Å². The number of nitrogens with two attached hydrogens (primary N) is 1. The minimum atomic E-state index is 0.168. The van der Waals surface area contributed by atoms with Crippen LogP contribution in [0.15, 0.2) is 12.1 Å². The average Bonchev–Trinajstić information content (AvgIpc) is 2.30. The molecule has 76 valence electrons. The molecule has 0 spiro atoms. The van der Waals surface area contributed by atoms with Crippen molar-refractivity contribution in [2.24, 2.45) is 0 Å². The van der Waals surface area contributed by atoms with E-state index in [9.17, 15) is 0 Å². The van der Waals surface area contributed by atoms with Crippen molar-refractivity contribution in [3.05, 3.63) is 28.3 Å². The van der Waals surface area contributed by atoms with Crippen LogP contribution in [0.5, 0.6) is 0 Å². The van der Waals surface area contributed by atoms with Crippen molar-refractivity contribution < 1.29 is 0 Å². The molecule has 2 N–H and O–H groups in total. The second kappa shape index (κ2) is 2.90. The van der Waals surface area contributed by atoms with Crippen LogP contribution in [-0.4, -0.2) is 0 Å². The molecule has 2 rings (SSSR count). The van der Waals surface area contributed by atoms with E-state index in [0.717, 1.165) is 17.1 Å². The fourth-order valence-electron chi connectivity index (χ4n) is 2.80. The molecule has 2 heteroatoms. The van der Waals surface area contributed by atoms with Crippen LogP contribution in [0.4, 0.5) is 5.69 Å². The Kier molecular flexibility index (Phi) is 2.04. The Labute approximate surface area is 90.3 Å². The van der Waals surface area contributed by atoms with Gasteiger partial charge in [0.15, 0.2) is 0 Å². The summed E-state index contributed by atoms with van der Waals surface area (Å²) in [6, 6.07) is 3.83. The van der Waals surface area contributed by atoms with Crippen LogP contribution in [0.2, 0.25) is 5.02 Å². The SMILES string of the molecule is C[C@H]1CC(C)(C)c2c(Cl)ccc(N)c21. The van der Waals surface area contributed by atoms with E-state index < -0.39 is 0 Å². The molecule has 1 nitrogen and oxygen atoms in total. The summed E-state index contributed by atoms with van der Waals surface area (Å²) in [4.78, 5) is 0. The summed E-state index contributed by atoms with van der Waals surface area (Å²) in [5.74, 6) is 0.527. The second-order valence-corrected chi connectivity index (χ2v) is 5.32. The number of hydrogen-bond acceptors (Lipinski definition) is 1. The summed E-state index contributed by atoms with van der Waals surface area (Å²) in [5.41, 5.74) is 9.58. The first-order valence-electron chi connectivity index (χ1n) is 5.02. The Balaban J connectivity index is 2.73. The third-order valence-corrected chi connectivity index (χ3v) is 3.53. The van der Waals surface area contributed by atoms with Gasteiger partial charge in [-0.15, -0.1) is 0 Å². The summed E-state index contributed by atoms with van der Waals surface area (Å²) in [5, 5.41) is 0.864. The number of nitrogen functional groups attached to an aromatic ring is 1. The van der Waals surface area contributed by atoms with Gasteiger partial charge < -0.3 is 5.73 Å². The smallest absolute Gasteiger partial charge is 0.0447 e. The highest BCUT2D eigenvalue weighted by atomic mass is 35.5. The van der Waals surface area contributed by atoms with Crippen LogP contribution < -0.4 is 5.73 Å². The molecule has 1 aliphatic rings. The van der Waals surface area contributed by atoms with Gasteiger partial charge in [0, 0.05) is 10.7 Å². The summed E-state index contributed by atoms with van der Waals surface area (Å²) in [7, 11) is 0. The molecule has 0 amide bonds. The average molecular weight is 210 g/mol. The van der Waals surface area contributed by atoms with Gasteiger partial charge in [-0.25, -0.2) is 0 Å². The maximum absolute atomic E-state index is 6.24. The summed E-state index contributed by atoms with van der Waals surface area (Å²) in [6.07, 6.45) is 1.14. The zero-order chi connectivity index (χ0) is 10.5. The number of fused-ring (bicyclic) bond motifs is 1. The largest absolute Gasteiger partial charge is 0.398 e. The van der Waals surface area contributed by atoms with Crippen LogP contribution in [0.1, 0.15) is 44.2 Å². The van der Waals surface area contributed by atoms with Crippen LogP contribution >= 0.6 is 11.6 Å². The molecular formula is C12H16ClN. The van der Waals surface area contributed by atoms with E-state index in [0.29, 0.717) is 5.92 Å². The van der Waals surface area contributed by atoms with E-state index in [4.69, 9.17) is 17.3 Å². The van der Waals surface area contributed by atoms with E-state index >= 15 is 0 Å². The van der Waals surface area contributed by atoms with Gasteiger partial charge in [-0.2, -0.15) is 0 Å². The van der Waals surface area contributed by atoms with Crippen molar-refractivity contribution in [2.75, 3.05) is 5.73 Å². The van der Waals surface area contributed by atoms with Crippen molar-refractivity contribution in [2.45, 2.75) is 38.5 Å². The van der Waals surface area contributed by atoms with Gasteiger partial charge in [0.25, 0.3) is 0 Å². The lowest BCUT2D eigenvalue weighted by molar-refractivity contribution is 0.489. The highest BCUT2D eigenvalue weighted by Crippen LogP contribution is 2.50. The quantitative estimate of drug-likeness (QED) is 0.648. The number of hydrogen-bond donors (Lipinski definition) is 1. The van der Waals surface area contributed by atoms with Gasteiger partial charge in [0.05, 0.1) is 0 Å². The van der Waals surface area contributed by atoms with Gasteiger partial charge in [0.1, 0.15) is 0 Å². The van der Waals surface area contributed by atoms with Crippen LogP contribution in [-0.2, 0) is 5.41 Å². The zero-order valence-corrected chi connectivity index (χ0v) is 9.65. The van der Waals surface area contributed by atoms with Crippen molar-refractivity contribution in [1.82, 2.24) is 0 Å². The van der Waals surface area contributed by atoms with E-state index in [-0.39, 0.29) is 5.41 Å². The minimum Gasteiger partial charge on any atom is -0.398 e. The third-order valence-electron chi connectivity index (χ3n) is 3.21. The molecular weight excluding hydrogens is 194 g/mol. The van der Waals surface area contributed by atoms with E-state index in [1.165, 1.54) is 11.1 Å². The van der Waals surface area contributed by atoms with Gasteiger partial charge in [-0.3, -0.25) is 0 Å². The number of rotatable bonds is 0. The van der Waals surface area contributed by atoms with E-state index in [1.807, 2.05) is 12.1 Å². The Hall–Kier alpha value is -0.690. The lowest BCUT2D eigenvalue weighted by atomic mass is 9.86. The second-order valence-electron chi connectivity index (χ2n) is 4.91. The van der Waals surface area contributed by atoms with Crippen molar-refractivity contribution in [3.63, 3.8) is 0 Å². The van der Waals surface area contributed by atoms with Gasteiger partial charge in [-0.05, 0) is 41.0 Å². The fraction of sp³-hybridized carbons (Fsp3) is 0.500. The zero-order valence-electron chi connectivity index (χ0n) is 8.89. The van der Waals surface area contributed by atoms with Crippen molar-refractivity contribution in [3.8, 4) is 0 Å². The molecule has 0 aliphatic heterocycles. The van der Waals surface area contributed by atoms with Gasteiger partial charge in [0.2, 0.25) is 0 Å². The molecule has 0 saturated carbocycles. The summed E-state index contributed by atoms with van der Waals surface area (Å²) < 4.78 is 0. The molecule has 0 heterocycles.